The van der Waals surface area contributed by atoms with Crippen molar-refractivity contribution in [3.63, 3.8) is 0 Å². The number of rotatable bonds is 5. The predicted octanol–water partition coefficient (Wildman–Crippen LogP) is 0.402. The van der Waals surface area contributed by atoms with Crippen molar-refractivity contribution in [2.75, 3.05) is 46.3 Å². The number of halogens is 1. The number of hydrogen-bond acceptors (Lipinski definition) is 6. The van der Waals surface area contributed by atoms with Crippen LogP contribution >= 0.6 is 27.3 Å². The normalized spacial score (nSPS) is 17.1. The maximum Gasteiger partial charge on any atom is 0.264 e. The third-order valence-electron chi connectivity index (χ3n) is 4.94. The number of hydrogen-bond donors (Lipinski definition) is 0. The molecule has 1 aromatic heterocycles. The zero-order chi connectivity index (χ0) is 21.1. The van der Waals surface area contributed by atoms with Gasteiger partial charge in [0.2, 0.25) is 23.6 Å². The summed E-state index contributed by atoms with van der Waals surface area (Å²) in [6, 6.07) is 3.49. The molecule has 0 aliphatic carbocycles. The molecule has 156 valence electrons. The molecule has 2 aliphatic rings. The van der Waals surface area contributed by atoms with Gasteiger partial charge in [-0.3, -0.25) is 28.9 Å². The van der Waals surface area contributed by atoms with E-state index in [0.29, 0.717) is 31.1 Å². The van der Waals surface area contributed by atoms with E-state index in [9.17, 15) is 24.0 Å². The Hall–Kier alpha value is -2.27. The van der Waals surface area contributed by atoms with Gasteiger partial charge in [0.1, 0.15) is 6.54 Å². The Bertz CT molecular complexity index is 833. The Balaban J connectivity index is 1.46. The number of piperazine rings is 1. The lowest BCUT2D eigenvalue weighted by molar-refractivity contribution is -0.147. The maximum absolute atomic E-state index is 12.5. The molecule has 1 aromatic rings. The third kappa shape index (κ3) is 5.02. The van der Waals surface area contributed by atoms with Gasteiger partial charge in [-0.2, -0.15) is 0 Å². The Kier molecular flexibility index (Phi) is 6.68. The Morgan fingerprint density at radius 1 is 1.00 bits per heavy atom. The molecule has 5 amide bonds. The van der Waals surface area contributed by atoms with E-state index >= 15 is 0 Å². The fourth-order valence-electron chi connectivity index (χ4n) is 3.23. The smallest absolute Gasteiger partial charge is 0.264 e. The van der Waals surface area contributed by atoms with Crippen LogP contribution in [-0.2, 0) is 19.2 Å². The predicted molar refractivity (Wildman–Crippen MR) is 108 cm³/mol. The number of imide groups is 1. The van der Waals surface area contributed by atoms with Crippen LogP contribution in [0.2, 0.25) is 0 Å². The van der Waals surface area contributed by atoms with Crippen molar-refractivity contribution in [3.8, 4) is 0 Å². The minimum Gasteiger partial charge on any atom is -0.338 e. The van der Waals surface area contributed by atoms with Crippen LogP contribution in [0.4, 0.5) is 0 Å². The summed E-state index contributed by atoms with van der Waals surface area (Å²) in [7, 11) is 1.58. The average molecular weight is 485 g/mol. The molecule has 0 aromatic carbocycles. The molecule has 0 radical (unpaired) electrons. The second kappa shape index (κ2) is 9.04. The summed E-state index contributed by atoms with van der Waals surface area (Å²) < 4.78 is 0.846. The second-order valence-corrected chi connectivity index (χ2v) is 9.36. The molecule has 3 rings (SSSR count). The zero-order valence-corrected chi connectivity index (χ0v) is 18.3. The summed E-state index contributed by atoms with van der Waals surface area (Å²) in [5.41, 5.74) is 0. The van der Waals surface area contributed by atoms with E-state index in [1.807, 2.05) is 0 Å². The first-order chi connectivity index (χ1) is 13.8. The molecule has 0 atom stereocenters. The average Bonchev–Trinajstić information content (AvgIpc) is 3.27. The van der Waals surface area contributed by atoms with Gasteiger partial charge in [-0.1, -0.05) is 0 Å². The third-order valence-corrected chi connectivity index (χ3v) is 6.55. The number of amides is 5. The first-order valence-corrected chi connectivity index (χ1v) is 10.8. The van der Waals surface area contributed by atoms with Crippen LogP contribution in [-0.4, -0.2) is 95.5 Å². The van der Waals surface area contributed by atoms with Crippen LogP contribution in [0.1, 0.15) is 22.5 Å². The minimum atomic E-state index is -0.317. The molecule has 0 saturated carbocycles. The zero-order valence-electron chi connectivity index (χ0n) is 15.9. The van der Waals surface area contributed by atoms with Crippen molar-refractivity contribution in [1.82, 2.24) is 19.6 Å². The number of nitrogens with zero attached hydrogens (tertiary/aromatic N) is 4. The lowest BCUT2D eigenvalue weighted by atomic mass is 10.3. The first-order valence-electron chi connectivity index (χ1n) is 9.16. The number of likely N-dealkylation sites (tertiary alicyclic amines) is 1. The maximum atomic E-state index is 12.5. The van der Waals surface area contributed by atoms with Crippen molar-refractivity contribution in [2.45, 2.75) is 12.8 Å². The van der Waals surface area contributed by atoms with Crippen molar-refractivity contribution in [3.05, 3.63) is 20.8 Å². The van der Waals surface area contributed by atoms with Crippen LogP contribution in [0.25, 0.3) is 0 Å². The highest BCUT2D eigenvalue weighted by atomic mass is 79.9. The molecule has 11 heteroatoms. The summed E-state index contributed by atoms with van der Waals surface area (Å²) in [4.78, 5) is 66.7. The molecule has 0 N–H and O–H groups in total. The SMILES string of the molecule is CN(CC(=O)N1CCN(C(=O)CN2C(=O)CCC2=O)CC1)C(=O)c1ccc(Br)s1. The summed E-state index contributed by atoms with van der Waals surface area (Å²) in [5, 5.41) is 0. The highest BCUT2D eigenvalue weighted by Gasteiger charge is 2.33. The van der Waals surface area contributed by atoms with Gasteiger partial charge in [-0.15, -0.1) is 11.3 Å². The minimum absolute atomic E-state index is 0.0426. The van der Waals surface area contributed by atoms with Crippen LogP contribution in [0.5, 0.6) is 0 Å². The number of thiophene rings is 1. The first kappa shape index (κ1) is 21.4. The molecule has 2 fully saturated rings. The highest BCUT2D eigenvalue weighted by Crippen LogP contribution is 2.23. The van der Waals surface area contributed by atoms with Crippen molar-refractivity contribution < 1.29 is 24.0 Å². The summed E-state index contributed by atoms with van der Waals surface area (Å²) in [5.74, 6) is -1.34. The van der Waals surface area contributed by atoms with Gasteiger partial charge < -0.3 is 14.7 Å². The highest BCUT2D eigenvalue weighted by molar-refractivity contribution is 9.11. The van der Waals surface area contributed by atoms with E-state index < -0.39 is 0 Å². The van der Waals surface area contributed by atoms with Crippen LogP contribution in [0.3, 0.4) is 0 Å². The molecule has 2 aliphatic heterocycles. The van der Waals surface area contributed by atoms with E-state index in [-0.39, 0.29) is 55.5 Å². The van der Waals surface area contributed by atoms with Crippen LogP contribution in [0.15, 0.2) is 15.9 Å². The molecule has 0 unspecified atom stereocenters. The molecule has 3 heterocycles. The molecular weight excluding hydrogens is 464 g/mol. The topological polar surface area (TPSA) is 98.3 Å². The molecule has 2 saturated heterocycles. The largest absolute Gasteiger partial charge is 0.338 e. The molecule has 0 spiro atoms. The Labute approximate surface area is 180 Å². The number of carbonyl (C=O) groups excluding carboxylic acids is 5. The molecular formula is C18H21BrN4O5S. The summed E-state index contributed by atoms with van der Waals surface area (Å²) in [6.07, 6.45) is 0.312. The van der Waals surface area contributed by atoms with Gasteiger partial charge in [-0.25, -0.2) is 0 Å². The van der Waals surface area contributed by atoms with E-state index in [1.165, 1.54) is 16.2 Å². The van der Waals surface area contributed by atoms with E-state index in [2.05, 4.69) is 15.9 Å². The fourth-order valence-corrected chi connectivity index (χ4v) is 4.61. The van der Waals surface area contributed by atoms with Crippen molar-refractivity contribution in [2.24, 2.45) is 0 Å². The van der Waals surface area contributed by atoms with E-state index in [4.69, 9.17) is 0 Å². The van der Waals surface area contributed by atoms with Gasteiger partial charge in [-0.05, 0) is 28.1 Å². The van der Waals surface area contributed by atoms with Gasteiger partial charge >= 0.3 is 0 Å². The lowest BCUT2D eigenvalue weighted by Gasteiger charge is -2.36. The van der Waals surface area contributed by atoms with Gasteiger partial charge in [0.15, 0.2) is 0 Å². The van der Waals surface area contributed by atoms with Crippen LogP contribution < -0.4 is 0 Å². The summed E-state index contributed by atoms with van der Waals surface area (Å²) in [6.45, 7) is 1.07. The van der Waals surface area contributed by atoms with Gasteiger partial charge in [0.25, 0.3) is 5.91 Å². The van der Waals surface area contributed by atoms with Gasteiger partial charge in [0.05, 0.1) is 15.2 Å². The van der Waals surface area contributed by atoms with Crippen molar-refractivity contribution >= 4 is 56.8 Å². The quantitative estimate of drug-likeness (QED) is 0.563. The van der Waals surface area contributed by atoms with Crippen molar-refractivity contribution in [1.29, 1.82) is 0 Å². The van der Waals surface area contributed by atoms with E-state index in [1.54, 1.807) is 29.0 Å². The number of carbonyl (C=O) groups is 5. The van der Waals surface area contributed by atoms with E-state index in [0.717, 1.165) is 8.69 Å². The second-order valence-electron chi connectivity index (χ2n) is 6.90. The van der Waals surface area contributed by atoms with Gasteiger partial charge in [0, 0.05) is 46.1 Å². The standard InChI is InChI=1S/C18H21BrN4O5S/c1-20(18(28)12-2-3-13(19)29-12)10-16(26)21-6-8-22(9-7-21)17(27)11-23-14(24)4-5-15(23)25/h2-3H,4-11H2,1H3. The molecule has 9 nitrogen and oxygen atoms in total. The molecule has 0 bridgehead atoms. The summed E-state index contributed by atoms with van der Waals surface area (Å²) >= 11 is 4.62. The van der Waals surface area contributed by atoms with Crippen LogP contribution in [0, 0.1) is 0 Å². The monoisotopic (exact) mass is 484 g/mol. The Morgan fingerprint density at radius 3 is 2.07 bits per heavy atom. The fraction of sp³-hybridized carbons (Fsp3) is 0.500. The number of likely N-dealkylation sites (N-methyl/N-ethyl adjacent to an activating group) is 1. The lowest BCUT2D eigenvalue weighted by Crippen LogP contribution is -2.54. The Morgan fingerprint density at radius 2 is 1.55 bits per heavy atom. The molecule has 29 heavy (non-hydrogen) atoms.